The Labute approximate surface area is 180 Å². The summed E-state index contributed by atoms with van der Waals surface area (Å²) in [7, 11) is 0. The van der Waals surface area contributed by atoms with E-state index in [0.717, 1.165) is 17.0 Å². The van der Waals surface area contributed by atoms with Gasteiger partial charge in [0.15, 0.2) is 12.2 Å². The third-order valence-electron chi connectivity index (χ3n) is 4.50. The average Bonchev–Trinajstić information content (AvgIpc) is 2.72. The number of nitrogens with one attached hydrogen (secondary N) is 2. The van der Waals surface area contributed by atoms with Gasteiger partial charge in [-0.25, -0.2) is 0 Å². The molecular formula is C20H19F3N4O5. The van der Waals surface area contributed by atoms with Crippen LogP contribution in [-0.2, 0) is 14.3 Å². The third-order valence-corrected chi connectivity index (χ3v) is 4.50. The van der Waals surface area contributed by atoms with E-state index >= 15 is 0 Å². The van der Waals surface area contributed by atoms with Crippen LogP contribution in [0.1, 0.15) is 5.56 Å². The van der Waals surface area contributed by atoms with Crippen molar-refractivity contribution in [1.29, 1.82) is 5.41 Å². The van der Waals surface area contributed by atoms with E-state index in [-0.39, 0.29) is 30.4 Å². The van der Waals surface area contributed by atoms with E-state index in [2.05, 4.69) is 10.1 Å². The summed E-state index contributed by atoms with van der Waals surface area (Å²) in [6, 6.07) is 10.7. The van der Waals surface area contributed by atoms with Gasteiger partial charge in [0.2, 0.25) is 0 Å². The predicted molar refractivity (Wildman–Crippen MR) is 107 cm³/mol. The highest BCUT2D eigenvalue weighted by molar-refractivity contribution is 6.04. The number of alkyl halides is 3. The van der Waals surface area contributed by atoms with Gasteiger partial charge < -0.3 is 30.5 Å². The number of anilines is 2. The number of amidine groups is 1. The first-order valence-electron chi connectivity index (χ1n) is 9.27. The first-order chi connectivity index (χ1) is 15.0. The lowest BCUT2D eigenvalue weighted by atomic mass is 10.1. The number of ether oxygens (including phenoxy) is 2. The van der Waals surface area contributed by atoms with E-state index in [9.17, 15) is 27.9 Å². The molecule has 0 bridgehead atoms. The SMILES string of the molecule is N=C(N)c1ccc(NC(=O)[C@H](O)C2OCCN(c3cccc(OC(F)(F)F)c3)C2=O)cc1. The Morgan fingerprint density at radius 2 is 1.97 bits per heavy atom. The zero-order valence-corrected chi connectivity index (χ0v) is 16.4. The Hall–Kier alpha value is -3.64. The van der Waals surface area contributed by atoms with Crippen LogP contribution < -0.4 is 20.7 Å². The van der Waals surface area contributed by atoms with Crippen LogP contribution in [0.25, 0.3) is 0 Å². The van der Waals surface area contributed by atoms with E-state index in [0.29, 0.717) is 5.56 Å². The lowest BCUT2D eigenvalue weighted by Crippen LogP contribution is -2.55. The summed E-state index contributed by atoms with van der Waals surface area (Å²) in [5, 5.41) is 20.1. The molecule has 0 aliphatic carbocycles. The molecule has 1 fully saturated rings. The smallest absolute Gasteiger partial charge is 0.406 e. The second-order valence-electron chi connectivity index (χ2n) is 6.75. The van der Waals surface area contributed by atoms with Gasteiger partial charge in [-0.15, -0.1) is 13.2 Å². The molecule has 12 heteroatoms. The first-order valence-corrected chi connectivity index (χ1v) is 9.27. The van der Waals surface area contributed by atoms with Crippen LogP contribution in [0.2, 0.25) is 0 Å². The fourth-order valence-electron chi connectivity index (χ4n) is 3.02. The standard InChI is InChI=1S/C20H19F3N4O5/c21-20(22,23)32-14-3-1-2-13(10-14)27-8-9-31-16(19(27)30)15(28)18(29)26-12-6-4-11(5-7-12)17(24)25/h1-7,10,15-16,28H,8-9H2,(H3,24,25)(H,26,29)/t15-,16?/m1/s1. The highest BCUT2D eigenvalue weighted by Crippen LogP contribution is 2.28. The Kier molecular flexibility index (Phi) is 6.65. The summed E-state index contributed by atoms with van der Waals surface area (Å²) in [5.74, 6) is -2.39. The molecule has 170 valence electrons. The molecule has 2 aromatic rings. The predicted octanol–water partition coefficient (Wildman–Crippen LogP) is 1.60. The van der Waals surface area contributed by atoms with Crippen molar-refractivity contribution in [3.8, 4) is 5.75 Å². The molecule has 1 unspecified atom stereocenters. The molecule has 9 nitrogen and oxygen atoms in total. The zero-order chi connectivity index (χ0) is 23.5. The maximum atomic E-state index is 12.8. The van der Waals surface area contributed by atoms with E-state index < -0.39 is 36.1 Å². The molecule has 2 amide bonds. The molecular weight excluding hydrogens is 433 g/mol. The molecule has 1 heterocycles. The number of nitrogens with zero attached hydrogens (tertiary/aromatic N) is 1. The van der Waals surface area contributed by atoms with Gasteiger partial charge in [0.05, 0.1) is 6.61 Å². The van der Waals surface area contributed by atoms with Gasteiger partial charge in [0, 0.05) is 29.5 Å². The fourth-order valence-corrected chi connectivity index (χ4v) is 3.02. The molecule has 0 radical (unpaired) electrons. The number of benzene rings is 2. The molecule has 0 spiro atoms. The molecule has 0 saturated carbocycles. The lowest BCUT2D eigenvalue weighted by Gasteiger charge is -2.34. The molecule has 1 aliphatic heterocycles. The van der Waals surface area contributed by atoms with Gasteiger partial charge in [-0.05, 0) is 36.4 Å². The molecule has 1 aliphatic rings. The molecule has 2 aromatic carbocycles. The summed E-state index contributed by atoms with van der Waals surface area (Å²) in [6.45, 7) is -0.0515. The van der Waals surface area contributed by atoms with E-state index in [1.807, 2.05) is 0 Å². The number of hydrogen-bond donors (Lipinski definition) is 4. The number of carbonyl (C=O) groups excluding carboxylic acids is 2. The summed E-state index contributed by atoms with van der Waals surface area (Å²) in [6.07, 6.45) is -8.34. The molecule has 2 atom stereocenters. The Bertz CT molecular complexity index is 1010. The number of halogens is 3. The van der Waals surface area contributed by atoms with E-state index in [4.69, 9.17) is 15.9 Å². The number of nitrogen functional groups attached to an aromatic ring is 1. The fraction of sp³-hybridized carbons (Fsp3) is 0.250. The number of aliphatic hydroxyl groups is 1. The van der Waals surface area contributed by atoms with Crippen molar-refractivity contribution in [2.45, 2.75) is 18.6 Å². The maximum Gasteiger partial charge on any atom is 0.573 e. The van der Waals surface area contributed by atoms with Gasteiger partial charge in [0.25, 0.3) is 11.8 Å². The van der Waals surface area contributed by atoms with Crippen molar-refractivity contribution in [3.05, 3.63) is 54.1 Å². The maximum absolute atomic E-state index is 12.8. The lowest BCUT2D eigenvalue weighted by molar-refractivity contribution is -0.274. The number of nitrogens with two attached hydrogens (primary N) is 1. The van der Waals surface area contributed by atoms with Crippen molar-refractivity contribution in [2.75, 3.05) is 23.4 Å². The Morgan fingerprint density at radius 1 is 1.28 bits per heavy atom. The number of hydrogen-bond acceptors (Lipinski definition) is 6. The van der Waals surface area contributed by atoms with Crippen molar-refractivity contribution in [2.24, 2.45) is 5.73 Å². The van der Waals surface area contributed by atoms with Crippen LogP contribution in [0, 0.1) is 5.41 Å². The second kappa shape index (κ2) is 9.24. The molecule has 3 rings (SSSR count). The minimum atomic E-state index is -4.90. The van der Waals surface area contributed by atoms with Crippen molar-refractivity contribution >= 4 is 29.0 Å². The number of carbonyl (C=O) groups is 2. The third kappa shape index (κ3) is 5.53. The normalized spacial score (nSPS) is 17.6. The highest BCUT2D eigenvalue weighted by Gasteiger charge is 2.39. The molecule has 5 N–H and O–H groups in total. The summed E-state index contributed by atoms with van der Waals surface area (Å²) in [4.78, 5) is 26.3. The van der Waals surface area contributed by atoms with Crippen molar-refractivity contribution in [1.82, 2.24) is 0 Å². The summed E-state index contributed by atoms with van der Waals surface area (Å²) >= 11 is 0. The molecule has 32 heavy (non-hydrogen) atoms. The van der Waals surface area contributed by atoms with Gasteiger partial charge in [0.1, 0.15) is 11.6 Å². The van der Waals surface area contributed by atoms with Crippen LogP contribution in [0.3, 0.4) is 0 Å². The number of aliphatic hydroxyl groups excluding tert-OH is 1. The highest BCUT2D eigenvalue weighted by atomic mass is 19.4. The van der Waals surface area contributed by atoms with Gasteiger partial charge in [-0.1, -0.05) is 6.07 Å². The van der Waals surface area contributed by atoms with Crippen LogP contribution in [0.5, 0.6) is 5.75 Å². The Morgan fingerprint density at radius 3 is 2.59 bits per heavy atom. The first kappa shape index (κ1) is 23.0. The number of rotatable bonds is 6. The van der Waals surface area contributed by atoms with Crippen molar-refractivity contribution in [3.63, 3.8) is 0 Å². The summed E-state index contributed by atoms with van der Waals surface area (Å²) < 4.78 is 46.5. The van der Waals surface area contributed by atoms with Gasteiger partial charge in [-0.3, -0.25) is 15.0 Å². The molecule has 0 aromatic heterocycles. The number of amides is 2. The number of morpholine rings is 1. The minimum Gasteiger partial charge on any atom is -0.406 e. The topological polar surface area (TPSA) is 138 Å². The van der Waals surface area contributed by atoms with Gasteiger partial charge in [-0.2, -0.15) is 0 Å². The van der Waals surface area contributed by atoms with Crippen LogP contribution in [0.15, 0.2) is 48.5 Å². The Balaban J connectivity index is 1.70. The molecule has 1 saturated heterocycles. The van der Waals surface area contributed by atoms with Crippen LogP contribution in [0.4, 0.5) is 24.5 Å². The van der Waals surface area contributed by atoms with Crippen molar-refractivity contribution < 1.29 is 37.3 Å². The van der Waals surface area contributed by atoms with Gasteiger partial charge >= 0.3 is 6.36 Å². The van der Waals surface area contributed by atoms with E-state index in [1.54, 1.807) is 0 Å². The summed E-state index contributed by atoms with van der Waals surface area (Å²) in [5.41, 5.74) is 6.18. The quantitative estimate of drug-likeness (QED) is 0.388. The average molecular weight is 452 g/mol. The van der Waals surface area contributed by atoms with E-state index in [1.165, 1.54) is 36.4 Å². The zero-order valence-electron chi connectivity index (χ0n) is 16.4. The van der Waals surface area contributed by atoms with Crippen LogP contribution >= 0.6 is 0 Å². The monoisotopic (exact) mass is 452 g/mol. The largest absolute Gasteiger partial charge is 0.573 e. The van der Waals surface area contributed by atoms with Crippen LogP contribution in [-0.4, -0.2) is 54.5 Å². The second-order valence-corrected chi connectivity index (χ2v) is 6.75. The minimum absolute atomic E-state index is 0.00561.